The third kappa shape index (κ3) is 4.08. The first-order valence-electron chi connectivity index (χ1n) is 10.1. The maximum Gasteiger partial charge on any atom is 0.339 e. The minimum Gasteiger partial charge on any atom is -0.452 e. The van der Waals surface area contributed by atoms with Gasteiger partial charge in [-0.1, -0.05) is 12.1 Å². The predicted molar refractivity (Wildman–Crippen MR) is 128 cm³/mol. The highest BCUT2D eigenvalue weighted by molar-refractivity contribution is 7.13. The summed E-state index contributed by atoms with van der Waals surface area (Å²) in [5, 5.41) is 9.65. The lowest BCUT2D eigenvalue weighted by Crippen LogP contribution is -2.21. The molecule has 0 radical (unpaired) electrons. The maximum atomic E-state index is 13.0. The van der Waals surface area contributed by atoms with Crippen molar-refractivity contribution in [1.82, 2.24) is 23.5 Å². The molecule has 0 atom stereocenters. The number of fused-ring (bicyclic) bond motifs is 2. The molecule has 0 fully saturated rings. The molecule has 0 aliphatic rings. The number of ether oxygens (including phenoxy) is 1. The van der Waals surface area contributed by atoms with Crippen molar-refractivity contribution in [2.45, 2.75) is 19.9 Å². The van der Waals surface area contributed by atoms with Gasteiger partial charge in [-0.05, 0) is 43.5 Å². The van der Waals surface area contributed by atoms with Gasteiger partial charge in [0.15, 0.2) is 12.3 Å². The van der Waals surface area contributed by atoms with Crippen LogP contribution < -0.4 is 5.32 Å². The number of hydrogen-bond acceptors (Lipinski definition) is 9. The zero-order valence-corrected chi connectivity index (χ0v) is 19.3. The number of nitrogens with zero attached hydrogens (tertiary/aromatic N) is 5. The smallest absolute Gasteiger partial charge is 0.339 e. The van der Waals surface area contributed by atoms with Crippen LogP contribution in [0.25, 0.3) is 32.6 Å². The molecule has 0 saturated heterocycles. The number of hydrogen-bond donors (Lipinski definition) is 1. The number of aromatic nitrogens is 5. The number of anilines is 1. The van der Waals surface area contributed by atoms with Crippen molar-refractivity contribution in [2.24, 2.45) is 0 Å². The summed E-state index contributed by atoms with van der Waals surface area (Å²) in [7, 11) is 0. The standard InChI is InChI=1S/C22H18N6O3S2/c1-12(2)28-21-14(10-23-28)13(9-17(25-21)18-7-4-8-32-18)22(30)31-11-19(29)24-15-5-3-6-16-20(15)27-33-26-16/h3-10,12H,11H2,1-2H3,(H,24,29). The lowest BCUT2D eigenvalue weighted by molar-refractivity contribution is -0.119. The Morgan fingerprint density at radius 1 is 1.18 bits per heavy atom. The van der Waals surface area contributed by atoms with Crippen molar-refractivity contribution in [2.75, 3.05) is 11.9 Å². The molecule has 0 bridgehead atoms. The van der Waals surface area contributed by atoms with Crippen molar-refractivity contribution >= 4 is 62.7 Å². The highest BCUT2D eigenvalue weighted by atomic mass is 32.1. The fraction of sp³-hybridized carbons (Fsp3) is 0.182. The number of nitrogens with one attached hydrogen (secondary N) is 1. The Balaban J connectivity index is 1.39. The summed E-state index contributed by atoms with van der Waals surface area (Å²) in [5.74, 6) is -1.09. The molecule has 5 rings (SSSR count). The van der Waals surface area contributed by atoms with Gasteiger partial charge in [-0.15, -0.1) is 11.3 Å². The SMILES string of the molecule is CC(C)n1ncc2c(C(=O)OCC(=O)Nc3cccc4nsnc34)cc(-c3cccs3)nc21. The first-order chi connectivity index (χ1) is 16.0. The van der Waals surface area contributed by atoms with Crippen LogP contribution in [0, 0.1) is 0 Å². The second kappa shape index (κ2) is 8.68. The number of pyridine rings is 1. The van der Waals surface area contributed by atoms with Crippen molar-refractivity contribution in [1.29, 1.82) is 0 Å². The van der Waals surface area contributed by atoms with E-state index in [0.717, 1.165) is 16.6 Å². The van der Waals surface area contributed by atoms with E-state index in [4.69, 9.17) is 9.72 Å². The molecule has 0 saturated carbocycles. The molecule has 0 unspecified atom stereocenters. The quantitative estimate of drug-likeness (QED) is 0.357. The molecule has 5 aromatic rings. The average Bonchev–Trinajstić information content (AvgIpc) is 3.57. The number of benzene rings is 1. The van der Waals surface area contributed by atoms with E-state index in [0.29, 0.717) is 39.0 Å². The molecule has 33 heavy (non-hydrogen) atoms. The molecule has 1 aromatic carbocycles. The van der Waals surface area contributed by atoms with Crippen LogP contribution in [0.2, 0.25) is 0 Å². The molecule has 1 N–H and O–H groups in total. The van der Waals surface area contributed by atoms with Crippen LogP contribution >= 0.6 is 23.1 Å². The Hall–Kier alpha value is -3.70. The monoisotopic (exact) mass is 478 g/mol. The van der Waals surface area contributed by atoms with E-state index in [1.165, 1.54) is 11.3 Å². The van der Waals surface area contributed by atoms with Crippen LogP contribution in [0.4, 0.5) is 5.69 Å². The van der Waals surface area contributed by atoms with Crippen LogP contribution in [-0.2, 0) is 9.53 Å². The topological polar surface area (TPSA) is 112 Å². The number of amides is 1. The number of carbonyl (C=O) groups excluding carboxylic acids is 2. The Labute approximate surface area is 196 Å². The van der Waals surface area contributed by atoms with Crippen LogP contribution in [0.5, 0.6) is 0 Å². The molecule has 1 amide bonds. The van der Waals surface area contributed by atoms with Crippen LogP contribution in [-0.4, -0.2) is 42.0 Å². The number of esters is 1. The first-order valence-corrected chi connectivity index (χ1v) is 11.7. The minimum atomic E-state index is -0.618. The van der Waals surface area contributed by atoms with Crippen molar-refractivity contribution in [3.05, 3.63) is 53.5 Å². The fourth-order valence-corrected chi connectivity index (χ4v) is 4.65. The largest absolute Gasteiger partial charge is 0.452 e. The second-order valence-corrected chi connectivity index (χ2v) is 8.99. The summed E-state index contributed by atoms with van der Waals surface area (Å²) in [6, 6.07) is 10.9. The molecule has 4 heterocycles. The highest BCUT2D eigenvalue weighted by Gasteiger charge is 2.21. The molecule has 11 heteroatoms. The van der Waals surface area contributed by atoms with Gasteiger partial charge in [0.25, 0.3) is 5.91 Å². The molecule has 0 aliphatic heterocycles. The summed E-state index contributed by atoms with van der Waals surface area (Å²) in [6.07, 6.45) is 1.60. The van der Waals surface area contributed by atoms with E-state index in [1.807, 2.05) is 37.4 Å². The van der Waals surface area contributed by atoms with Crippen LogP contribution in [0.3, 0.4) is 0 Å². The highest BCUT2D eigenvalue weighted by Crippen LogP contribution is 2.29. The molecular weight excluding hydrogens is 460 g/mol. The van der Waals surface area contributed by atoms with Gasteiger partial charge in [0, 0.05) is 6.04 Å². The van der Waals surface area contributed by atoms with Gasteiger partial charge in [0.1, 0.15) is 11.0 Å². The second-order valence-electron chi connectivity index (χ2n) is 7.51. The summed E-state index contributed by atoms with van der Waals surface area (Å²) in [5.41, 5.74) is 3.37. The van der Waals surface area contributed by atoms with Gasteiger partial charge in [-0.3, -0.25) is 4.79 Å². The van der Waals surface area contributed by atoms with E-state index in [1.54, 1.807) is 29.1 Å². The molecule has 4 aromatic heterocycles. The van der Waals surface area contributed by atoms with Crippen molar-refractivity contribution in [3.63, 3.8) is 0 Å². The lowest BCUT2D eigenvalue weighted by Gasteiger charge is -2.10. The van der Waals surface area contributed by atoms with E-state index in [2.05, 4.69) is 19.2 Å². The molecular formula is C22H18N6O3S2. The molecule has 166 valence electrons. The summed E-state index contributed by atoms with van der Waals surface area (Å²) >= 11 is 2.59. The lowest BCUT2D eigenvalue weighted by atomic mass is 10.1. The fourth-order valence-electron chi connectivity index (χ4n) is 3.42. The average molecular weight is 479 g/mol. The minimum absolute atomic E-state index is 0.0612. The third-order valence-corrected chi connectivity index (χ3v) is 6.38. The Kier molecular flexibility index (Phi) is 5.56. The van der Waals surface area contributed by atoms with Gasteiger partial charge in [-0.2, -0.15) is 13.8 Å². The zero-order chi connectivity index (χ0) is 22.9. The van der Waals surface area contributed by atoms with Gasteiger partial charge < -0.3 is 10.1 Å². The molecule has 9 nitrogen and oxygen atoms in total. The summed E-state index contributed by atoms with van der Waals surface area (Å²) in [4.78, 5) is 31.1. The van der Waals surface area contributed by atoms with E-state index < -0.39 is 18.5 Å². The van der Waals surface area contributed by atoms with Gasteiger partial charge in [0.2, 0.25) is 0 Å². The first kappa shape index (κ1) is 21.2. The zero-order valence-electron chi connectivity index (χ0n) is 17.7. The predicted octanol–water partition coefficient (Wildman–Crippen LogP) is 4.54. The Bertz CT molecular complexity index is 1470. The number of carbonyl (C=O) groups is 2. The van der Waals surface area contributed by atoms with Crippen molar-refractivity contribution in [3.8, 4) is 10.6 Å². The van der Waals surface area contributed by atoms with Crippen LogP contribution in [0.1, 0.15) is 30.2 Å². The van der Waals surface area contributed by atoms with Gasteiger partial charge in [-0.25, -0.2) is 14.5 Å². The number of rotatable bonds is 6. The maximum absolute atomic E-state index is 13.0. The summed E-state index contributed by atoms with van der Waals surface area (Å²) in [6.45, 7) is 3.54. The Morgan fingerprint density at radius 2 is 2.06 bits per heavy atom. The van der Waals surface area contributed by atoms with Crippen molar-refractivity contribution < 1.29 is 14.3 Å². The van der Waals surface area contributed by atoms with Crippen LogP contribution in [0.15, 0.2) is 48.0 Å². The van der Waals surface area contributed by atoms with E-state index in [9.17, 15) is 9.59 Å². The molecule has 0 aliphatic carbocycles. The van der Waals surface area contributed by atoms with E-state index >= 15 is 0 Å². The van der Waals surface area contributed by atoms with Gasteiger partial charge in [0.05, 0.1) is 45.1 Å². The van der Waals surface area contributed by atoms with E-state index in [-0.39, 0.29) is 6.04 Å². The normalized spacial score (nSPS) is 11.4. The summed E-state index contributed by atoms with van der Waals surface area (Å²) < 4.78 is 15.5. The molecule has 0 spiro atoms. The number of thiophene rings is 1. The Morgan fingerprint density at radius 3 is 2.85 bits per heavy atom. The third-order valence-electron chi connectivity index (χ3n) is 4.94. The van der Waals surface area contributed by atoms with Gasteiger partial charge >= 0.3 is 5.97 Å².